The number of nitrogens with two attached hydrogens (primary N) is 1. The van der Waals surface area contributed by atoms with Crippen molar-refractivity contribution in [2.45, 2.75) is 11.8 Å². The number of hydrogen-bond donors (Lipinski definition) is 2. The van der Waals surface area contributed by atoms with E-state index in [2.05, 4.69) is 20.7 Å². The third-order valence-electron chi connectivity index (χ3n) is 2.75. The van der Waals surface area contributed by atoms with Gasteiger partial charge in [0.1, 0.15) is 4.90 Å². The van der Waals surface area contributed by atoms with Crippen LogP contribution in [0.2, 0.25) is 10.0 Å². The predicted molar refractivity (Wildman–Crippen MR) is 90.6 cm³/mol. The minimum atomic E-state index is -3.84. The van der Waals surface area contributed by atoms with E-state index in [0.29, 0.717) is 10.7 Å². The summed E-state index contributed by atoms with van der Waals surface area (Å²) in [5.41, 5.74) is 7.16. The van der Waals surface area contributed by atoms with Crippen molar-refractivity contribution in [3.8, 4) is 0 Å². The van der Waals surface area contributed by atoms with Crippen molar-refractivity contribution in [3.63, 3.8) is 0 Å². The van der Waals surface area contributed by atoms with Crippen molar-refractivity contribution in [1.29, 1.82) is 0 Å². The minimum Gasteiger partial charge on any atom is -0.398 e. The van der Waals surface area contributed by atoms with Crippen LogP contribution < -0.4 is 10.5 Å². The van der Waals surface area contributed by atoms with Crippen molar-refractivity contribution in [2.75, 3.05) is 10.5 Å². The van der Waals surface area contributed by atoms with Gasteiger partial charge < -0.3 is 5.73 Å². The highest BCUT2D eigenvalue weighted by Gasteiger charge is 2.20. The summed E-state index contributed by atoms with van der Waals surface area (Å²) in [7, 11) is -3.84. The van der Waals surface area contributed by atoms with Gasteiger partial charge in [-0.15, -0.1) is 0 Å². The van der Waals surface area contributed by atoms with Gasteiger partial charge in [0.15, 0.2) is 0 Å². The van der Waals surface area contributed by atoms with Gasteiger partial charge in [0.25, 0.3) is 10.0 Å². The van der Waals surface area contributed by atoms with Gasteiger partial charge in [0.2, 0.25) is 0 Å². The van der Waals surface area contributed by atoms with Crippen molar-refractivity contribution < 1.29 is 8.42 Å². The molecular weight excluding hydrogens is 399 g/mol. The van der Waals surface area contributed by atoms with Gasteiger partial charge in [-0.2, -0.15) is 0 Å². The Morgan fingerprint density at radius 2 is 1.86 bits per heavy atom. The number of nitrogen functional groups attached to an aromatic ring is 1. The van der Waals surface area contributed by atoms with Crippen LogP contribution in [0.1, 0.15) is 5.56 Å². The van der Waals surface area contributed by atoms with E-state index in [9.17, 15) is 8.42 Å². The van der Waals surface area contributed by atoms with Crippen molar-refractivity contribution >= 4 is 60.5 Å². The molecule has 0 heterocycles. The summed E-state index contributed by atoms with van der Waals surface area (Å²) in [5.74, 6) is 0. The van der Waals surface area contributed by atoms with Crippen LogP contribution in [0.4, 0.5) is 11.4 Å². The zero-order chi connectivity index (χ0) is 15.8. The molecule has 0 saturated heterocycles. The third-order valence-corrected chi connectivity index (χ3v) is 5.92. The molecule has 0 aromatic heterocycles. The molecule has 0 spiro atoms. The second-order valence-corrected chi connectivity index (χ2v) is 7.66. The van der Waals surface area contributed by atoms with Crippen molar-refractivity contribution in [3.05, 3.63) is 50.4 Å². The van der Waals surface area contributed by atoms with Gasteiger partial charge in [-0.25, -0.2) is 8.42 Å². The van der Waals surface area contributed by atoms with Gasteiger partial charge in [0.05, 0.1) is 10.2 Å². The average molecular weight is 410 g/mol. The zero-order valence-corrected chi connectivity index (χ0v) is 14.7. The van der Waals surface area contributed by atoms with E-state index >= 15 is 0 Å². The second-order valence-electron chi connectivity index (χ2n) is 4.38. The van der Waals surface area contributed by atoms with Crippen molar-refractivity contribution in [1.82, 2.24) is 0 Å². The standard InChI is InChI=1S/C13H11BrCl2N2O2S/c1-7-2-3-9(6-10(7)16)18-21(19,20)12-5-8(15)4-11(17)13(12)14/h2-6,18H,17H2,1H3. The molecule has 0 bridgehead atoms. The number of hydrogen-bond acceptors (Lipinski definition) is 3. The SMILES string of the molecule is Cc1ccc(NS(=O)(=O)c2cc(Cl)cc(N)c2Br)cc1Cl. The number of benzene rings is 2. The number of nitrogens with one attached hydrogen (secondary N) is 1. The maximum absolute atomic E-state index is 12.4. The molecular formula is C13H11BrCl2N2O2S. The van der Waals surface area contributed by atoms with Gasteiger partial charge in [-0.05, 0) is 52.7 Å². The third kappa shape index (κ3) is 3.63. The monoisotopic (exact) mass is 408 g/mol. The van der Waals surface area contributed by atoms with E-state index in [0.717, 1.165) is 5.56 Å². The molecule has 2 aromatic carbocycles. The van der Waals surface area contributed by atoms with Crippen LogP contribution >= 0.6 is 39.1 Å². The quantitative estimate of drug-likeness (QED) is 0.735. The van der Waals surface area contributed by atoms with Crippen LogP contribution in [0, 0.1) is 6.92 Å². The number of aryl methyl sites for hydroxylation is 1. The molecule has 3 N–H and O–H groups in total. The first kappa shape index (κ1) is 16.4. The zero-order valence-electron chi connectivity index (χ0n) is 10.8. The first-order valence-corrected chi connectivity index (χ1v) is 8.77. The van der Waals surface area contributed by atoms with E-state index in [4.69, 9.17) is 28.9 Å². The van der Waals surface area contributed by atoms with E-state index in [-0.39, 0.29) is 20.1 Å². The summed E-state index contributed by atoms with van der Waals surface area (Å²) < 4.78 is 27.6. The Labute approximate surface area is 141 Å². The number of sulfonamides is 1. The normalized spacial score (nSPS) is 11.4. The summed E-state index contributed by atoms with van der Waals surface area (Å²) in [6.45, 7) is 1.83. The highest BCUT2D eigenvalue weighted by molar-refractivity contribution is 9.10. The van der Waals surface area contributed by atoms with Crippen LogP contribution in [-0.4, -0.2) is 8.42 Å². The molecule has 0 saturated carbocycles. The molecule has 112 valence electrons. The van der Waals surface area contributed by atoms with Crippen LogP contribution in [-0.2, 0) is 10.0 Å². The lowest BCUT2D eigenvalue weighted by Gasteiger charge is -2.12. The van der Waals surface area contributed by atoms with Crippen LogP contribution in [0.15, 0.2) is 39.7 Å². The van der Waals surface area contributed by atoms with E-state index < -0.39 is 10.0 Å². The lowest BCUT2D eigenvalue weighted by molar-refractivity contribution is 0.601. The lowest BCUT2D eigenvalue weighted by atomic mass is 10.2. The predicted octanol–water partition coefficient (Wildman–Crippen LogP) is 4.45. The molecule has 0 unspecified atom stereocenters. The second kappa shape index (κ2) is 6.04. The maximum atomic E-state index is 12.4. The average Bonchev–Trinajstić information content (AvgIpc) is 2.37. The Kier molecular flexibility index (Phi) is 4.72. The fourth-order valence-corrected chi connectivity index (χ4v) is 4.17. The molecule has 2 aromatic rings. The highest BCUT2D eigenvalue weighted by atomic mass is 79.9. The van der Waals surface area contributed by atoms with Crippen LogP contribution in [0.5, 0.6) is 0 Å². The van der Waals surface area contributed by atoms with Crippen molar-refractivity contribution in [2.24, 2.45) is 0 Å². The first-order chi connectivity index (χ1) is 9.70. The lowest BCUT2D eigenvalue weighted by Crippen LogP contribution is -2.14. The Hall–Kier alpha value is -0.950. The van der Waals surface area contributed by atoms with E-state index in [1.807, 2.05) is 6.92 Å². The molecule has 0 radical (unpaired) electrons. The first-order valence-electron chi connectivity index (χ1n) is 5.74. The summed E-state index contributed by atoms with van der Waals surface area (Å²) in [6.07, 6.45) is 0. The summed E-state index contributed by atoms with van der Waals surface area (Å²) in [5, 5.41) is 0.706. The molecule has 0 aliphatic rings. The van der Waals surface area contributed by atoms with E-state index in [1.165, 1.54) is 18.2 Å². The molecule has 0 aliphatic carbocycles. The molecule has 0 amide bonds. The van der Waals surface area contributed by atoms with Crippen LogP contribution in [0.25, 0.3) is 0 Å². The number of halogens is 3. The minimum absolute atomic E-state index is 0.0378. The summed E-state index contributed by atoms with van der Waals surface area (Å²) in [4.78, 5) is -0.0378. The maximum Gasteiger partial charge on any atom is 0.263 e. The highest BCUT2D eigenvalue weighted by Crippen LogP contribution is 2.33. The number of anilines is 2. The Morgan fingerprint density at radius 1 is 1.19 bits per heavy atom. The molecule has 0 atom stereocenters. The fraction of sp³-hybridized carbons (Fsp3) is 0.0769. The van der Waals surface area contributed by atoms with Gasteiger partial charge in [0, 0.05) is 15.7 Å². The number of rotatable bonds is 3. The summed E-state index contributed by atoms with van der Waals surface area (Å²) >= 11 is 15.0. The molecule has 8 heteroatoms. The molecule has 4 nitrogen and oxygen atoms in total. The fourth-order valence-electron chi connectivity index (χ4n) is 1.65. The largest absolute Gasteiger partial charge is 0.398 e. The topological polar surface area (TPSA) is 72.2 Å². The molecule has 21 heavy (non-hydrogen) atoms. The molecule has 0 aliphatic heterocycles. The van der Waals surface area contributed by atoms with Gasteiger partial charge in [-0.3, -0.25) is 4.72 Å². The summed E-state index contributed by atoms with van der Waals surface area (Å²) in [6, 6.07) is 7.67. The van der Waals surface area contributed by atoms with Crippen LogP contribution in [0.3, 0.4) is 0 Å². The Bertz CT molecular complexity index is 810. The van der Waals surface area contributed by atoms with Gasteiger partial charge in [-0.1, -0.05) is 29.3 Å². The molecule has 2 rings (SSSR count). The van der Waals surface area contributed by atoms with E-state index in [1.54, 1.807) is 12.1 Å². The van der Waals surface area contributed by atoms with Gasteiger partial charge >= 0.3 is 0 Å². The molecule has 0 fully saturated rings. The Balaban J connectivity index is 2.45. The Morgan fingerprint density at radius 3 is 2.48 bits per heavy atom. The smallest absolute Gasteiger partial charge is 0.263 e.